The third-order valence-electron chi connectivity index (χ3n) is 8.01. The van der Waals surface area contributed by atoms with E-state index in [1.807, 2.05) is 0 Å². The number of esters is 2. The van der Waals surface area contributed by atoms with Crippen LogP contribution in [0, 0.1) is 0 Å². The zero-order valence-electron chi connectivity index (χ0n) is 29.3. The van der Waals surface area contributed by atoms with Crippen molar-refractivity contribution in [2.24, 2.45) is 0 Å². The highest BCUT2D eigenvalue weighted by molar-refractivity contribution is 7.47. The summed E-state index contributed by atoms with van der Waals surface area (Å²) in [7, 11) is -3.19. The molecule has 0 bridgehead atoms. The van der Waals surface area contributed by atoms with Gasteiger partial charge in [-0.15, -0.1) is 0 Å². The molecule has 0 aliphatic heterocycles. The summed E-state index contributed by atoms with van der Waals surface area (Å²) >= 11 is 0. The molecule has 0 heterocycles. The van der Waals surface area contributed by atoms with E-state index < -0.39 is 26.5 Å². The first-order chi connectivity index (χ1) is 21.8. The molecule has 0 spiro atoms. The van der Waals surface area contributed by atoms with Crippen molar-refractivity contribution in [3.63, 3.8) is 0 Å². The fourth-order valence-corrected chi connectivity index (χ4v) is 5.57. The molecular formula is C36H69O8P. The topological polar surface area (TPSA) is 108 Å². The molecule has 9 heteroatoms. The van der Waals surface area contributed by atoms with E-state index in [0.717, 1.165) is 64.9 Å². The van der Waals surface area contributed by atoms with Gasteiger partial charge in [-0.1, -0.05) is 148 Å². The third-order valence-corrected chi connectivity index (χ3v) is 8.95. The van der Waals surface area contributed by atoms with Crippen molar-refractivity contribution in [3.05, 3.63) is 12.2 Å². The van der Waals surface area contributed by atoms with Gasteiger partial charge < -0.3 is 14.4 Å². The summed E-state index contributed by atoms with van der Waals surface area (Å²) in [6.07, 6.45) is 32.6. The van der Waals surface area contributed by atoms with Crippen LogP contribution in [-0.2, 0) is 32.7 Å². The minimum Gasteiger partial charge on any atom is -0.462 e. The summed E-state index contributed by atoms with van der Waals surface area (Å²) < 4.78 is 31.8. The van der Waals surface area contributed by atoms with Crippen LogP contribution in [0.2, 0.25) is 0 Å². The highest BCUT2D eigenvalue weighted by Gasteiger charge is 2.24. The van der Waals surface area contributed by atoms with Crippen LogP contribution in [0.1, 0.15) is 181 Å². The van der Waals surface area contributed by atoms with Crippen LogP contribution in [-0.4, -0.2) is 43.3 Å². The zero-order chi connectivity index (χ0) is 33.3. The van der Waals surface area contributed by atoms with E-state index in [1.54, 1.807) is 0 Å². The van der Waals surface area contributed by atoms with Gasteiger partial charge in [0, 0.05) is 20.0 Å². The zero-order valence-corrected chi connectivity index (χ0v) is 30.2. The van der Waals surface area contributed by atoms with Crippen molar-refractivity contribution < 1.29 is 37.6 Å². The first-order valence-corrected chi connectivity index (χ1v) is 19.9. The molecule has 0 aromatic rings. The third kappa shape index (κ3) is 32.5. The number of phosphoric ester groups is 1. The highest BCUT2D eigenvalue weighted by atomic mass is 31.2. The SMILES string of the molecule is CCCC/C=C\CCCCCCCC(=O)OC(COC(=O)CCCCCCCCCCCCCCCCC)COP(=O)(O)OC. The molecule has 0 aromatic heterocycles. The van der Waals surface area contributed by atoms with Gasteiger partial charge in [0.25, 0.3) is 0 Å². The van der Waals surface area contributed by atoms with Crippen LogP contribution in [0.4, 0.5) is 0 Å². The number of allylic oxidation sites excluding steroid dienone is 2. The molecule has 266 valence electrons. The van der Waals surface area contributed by atoms with Crippen molar-refractivity contribution in [2.75, 3.05) is 20.3 Å². The molecule has 8 nitrogen and oxygen atoms in total. The molecule has 0 aliphatic rings. The van der Waals surface area contributed by atoms with Crippen molar-refractivity contribution in [1.82, 2.24) is 0 Å². The predicted octanol–water partition coefficient (Wildman–Crippen LogP) is 10.9. The summed E-state index contributed by atoms with van der Waals surface area (Å²) in [5, 5.41) is 0. The van der Waals surface area contributed by atoms with Crippen LogP contribution >= 0.6 is 7.82 Å². The average molecular weight is 661 g/mol. The maximum Gasteiger partial charge on any atom is 0.472 e. The summed E-state index contributed by atoms with van der Waals surface area (Å²) in [6.45, 7) is 3.84. The van der Waals surface area contributed by atoms with Crippen molar-refractivity contribution >= 4 is 19.8 Å². The Morgan fingerprint density at radius 2 is 1.02 bits per heavy atom. The molecular weight excluding hydrogens is 591 g/mol. The quantitative estimate of drug-likeness (QED) is 0.0314. The second kappa shape index (κ2) is 32.7. The van der Waals surface area contributed by atoms with E-state index in [4.69, 9.17) is 14.0 Å². The molecule has 0 amide bonds. The van der Waals surface area contributed by atoms with Crippen LogP contribution in [0.25, 0.3) is 0 Å². The lowest BCUT2D eigenvalue weighted by Gasteiger charge is -2.19. The van der Waals surface area contributed by atoms with Gasteiger partial charge in [0.15, 0.2) is 6.10 Å². The lowest BCUT2D eigenvalue weighted by molar-refractivity contribution is -0.161. The number of carbonyl (C=O) groups is 2. The Labute approximate surface area is 276 Å². The average Bonchev–Trinajstić information content (AvgIpc) is 3.03. The number of hydrogen-bond donors (Lipinski definition) is 1. The summed E-state index contributed by atoms with van der Waals surface area (Å²) in [5.41, 5.74) is 0. The van der Waals surface area contributed by atoms with Crippen molar-refractivity contribution in [2.45, 2.75) is 187 Å². The lowest BCUT2D eigenvalue weighted by Crippen LogP contribution is -2.29. The summed E-state index contributed by atoms with van der Waals surface area (Å²) in [4.78, 5) is 34.2. The lowest BCUT2D eigenvalue weighted by atomic mass is 10.0. The highest BCUT2D eigenvalue weighted by Crippen LogP contribution is 2.42. The van der Waals surface area contributed by atoms with Gasteiger partial charge in [-0.25, -0.2) is 4.57 Å². The Hall–Kier alpha value is -1.21. The Balaban J connectivity index is 4.04. The van der Waals surface area contributed by atoms with Crippen molar-refractivity contribution in [3.8, 4) is 0 Å². The second-order valence-corrected chi connectivity index (χ2v) is 13.9. The number of carbonyl (C=O) groups excluding carboxylic acids is 2. The van der Waals surface area contributed by atoms with Crippen LogP contribution < -0.4 is 0 Å². The van der Waals surface area contributed by atoms with E-state index >= 15 is 0 Å². The van der Waals surface area contributed by atoms with Gasteiger partial charge in [0.1, 0.15) is 6.61 Å². The predicted molar refractivity (Wildman–Crippen MR) is 184 cm³/mol. The number of hydrogen-bond acceptors (Lipinski definition) is 7. The van der Waals surface area contributed by atoms with Crippen LogP contribution in [0.5, 0.6) is 0 Å². The maximum atomic E-state index is 12.4. The molecule has 0 radical (unpaired) electrons. The first-order valence-electron chi connectivity index (χ1n) is 18.4. The molecule has 0 rings (SSSR count). The molecule has 0 aromatic carbocycles. The number of unbranched alkanes of at least 4 members (excludes halogenated alkanes) is 21. The van der Waals surface area contributed by atoms with Gasteiger partial charge in [-0.2, -0.15) is 0 Å². The smallest absolute Gasteiger partial charge is 0.462 e. The Morgan fingerprint density at radius 1 is 0.600 bits per heavy atom. The second-order valence-electron chi connectivity index (χ2n) is 12.4. The van der Waals surface area contributed by atoms with E-state index in [0.29, 0.717) is 12.8 Å². The molecule has 2 unspecified atom stereocenters. The van der Waals surface area contributed by atoms with Crippen LogP contribution in [0.3, 0.4) is 0 Å². The molecule has 1 N–H and O–H groups in total. The standard InChI is InChI=1S/C36H69O8P/c1-4-6-8-10-12-14-16-17-18-19-21-22-24-26-28-30-35(37)42-32-34(33-43-45(39,40)41-3)44-36(38)31-29-27-25-23-20-15-13-11-9-7-5-2/h11,13,34H,4-10,12,14-33H2,1-3H3,(H,39,40)/b13-11-. The molecule has 0 saturated carbocycles. The maximum absolute atomic E-state index is 12.4. The molecule has 0 aliphatic carbocycles. The number of rotatable bonds is 34. The van der Waals surface area contributed by atoms with E-state index in [2.05, 4.69) is 30.5 Å². The van der Waals surface area contributed by atoms with E-state index in [9.17, 15) is 19.0 Å². The van der Waals surface area contributed by atoms with Crippen molar-refractivity contribution in [1.29, 1.82) is 0 Å². The summed E-state index contributed by atoms with van der Waals surface area (Å²) in [6, 6.07) is 0. The largest absolute Gasteiger partial charge is 0.472 e. The molecule has 0 fully saturated rings. The van der Waals surface area contributed by atoms with Gasteiger partial charge in [-0.05, 0) is 32.1 Å². The van der Waals surface area contributed by atoms with Gasteiger partial charge in [0.05, 0.1) is 6.61 Å². The normalized spacial score (nSPS) is 13.6. The number of phosphoric acid groups is 1. The minimum atomic E-state index is -4.25. The van der Waals surface area contributed by atoms with Gasteiger partial charge in [0.2, 0.25) is 0 Å². The monoisotopic (exact) mass is 660 g/mol. The summed E-state index contributed by atoms with van der Waals surface area (Å²) in [5.74, 6) is -0.809. The Bertz CT molecular complexity index is 757. The Kier molecular flexibility index (Phi) is 31.8. The first kappa shape index (κ1) is 43.8. The minimum absolute atomic E-state index is 0.223. The number of ether oxygens (including phenoxy) is 2. The Morgan fingerprint density at radius 3 is 1.51 bits per heavy atom. The van der Waals surface area contributed by atoms with Gasteiger partial charge in [-0.3, -0.25) is 18.6 Å². The fourth-order valence-electron chi connectivity index (χ4n) is 5.11. The molecule has 45 heavy (non-hydrogen) atoms. The molecule has 0 saturated heterocycles. The van der Waals surface area contributed by atoms with E-state index in [-0.39, 0.29) is 19.0 Å². The molecule has 2 atom stereocenters. The van der Waals surface area contributed by atoms with Crippen LogP contribution in [0.15, 0.2) is 12.2 Å². The van der Waals surface area contributed by atoms with Gasteiger partial charge >= 0.3 is 19.8 Å². The van der Waals surface area contributed by atoms with E-state index in [1.165, 1.54) is 89.9 Å². The fraction of sp³-hybridized carbons (Fsp3) is 0.889.